The van der Waals surface area contributed by atoms with Gasteiger partial charge in [-0.1, -0.05) is 53.2 Å². The SMILES string of the molecule is O=C(CSc1nnc(CNc2cccc(Cl)c2)o1)Nc1ccccc1Cl. The standard InChI is InChI=1S/C17H14Cl2N4O2S/c18-11-4-3-5-12(8-11)20-9-16-22-23-17(25-16)26-10-15(24)21-14-7-2-1-6-13(14)19/h1-8,20H,9-10H2,(H,21,24). The molecule has 3 aromatic rings. The molecule has 0 aliphatic rings. The number of hydrogen-bond donors (Lipinski definition) is 2. The van der Waals surface area contributed by atoms with Crippen molar-refractivity contribution in [2.24, 2.45) is 0 Å². The van der Waals surface area contributed by atoms with E-state index in [-0.39, 0.29) is 11.7 Å². The van der Waals surface area contributed by atoms with Crippen molar-refractivity contribution in [3.05, 3.63) is 64.5 Å². The van der Waals surface area contributed by atoms with Gasteiger partial charge < -0.3 is 15.1 Å². The van der Waals surface area contributed by atoms with E-state index in [1.54, 1.807) is 36.4 Å². The van der Waals surface area contributed by atoms with Crippen molar-refractivity contribution in [3.63, 3.8) is 0 Å². The Morgan fingerprint density at radius 2 is 1.96 bits per heavy atom. The van der Waals surface area contributed by atoms with Crippen LogP contribution in [-0.4, -0.2) is 21.9 Å². The second-order valence-corrected chi connectivity index (χ2v) is 6.91. The molecule has 0 spiro atoms. The smallest absolute Gasteiger partial charge is 0.277 e. The Morgan fingerprint density at radius 3 is 2.77 bits per heavy atom. The third kappa shape index (κ3) is 5.39. The van der Waals surface area contributed by atoms with Crippen LogP contribution in [0.5, 0.6) is 0 Å². The minimum Gasteiger partial charge on any atom is -0.414 e. The van der Waals surface area contributed by atoms with Gasteiger partial charge in [-0.3, -0.25) is 4.79 Å². The molecule has 0 aliphatic carbocycles. The fourth-order valence-corrected chi connectivity index (χ4v) is 2.97. The molecule has 2 aromatic carbocycles. The Kier molecular flexibility index (Phi) is 6.38. The first-order valence-electron chi connectivity index (χ1n) is 7.59. The van der Waals surface area contributed by atoms with Crippen molar-refractivity contribution in [2.75, 3.05) is 16.4 Å². The zero-order valence-corrected chi connectivity index (χ0v) is 15.7. The molecule has 26 heavy (non-hydrogen) atoms. The predicted octanol–water partition coefficient (Wildman–Crippen LogP) is 4.72. The number of halogens is 2. The summed E-state index contributed by atoms with van der Waals surface area (Å²) in [5, 5.41) is 15.2. The second kappa shape index (κ2) is 8.93. The van der Waals surface area contributed by atoms with E-state index >= 15 is 0 Å². The summed E-state index contributed by atoms with van der Waals surface area (Å²) in [6.45, 7) is 0.361. The lowest BCUT2D eigenvalue weighted by molar-refractivity contribution is -0.113. The summed E-state index contributed by atoms with van der Waals surface area (Å²) in [4.78, 5) is 12.0. The van der Waals surface area contributed by atoms with Crippen molar-refractivity contribution >= 4 is 52.2 Å². The molecule has 0 saturated heterocycles. The average molecular weight is 409 g/mol. The van der Waals surface area contributed by atoms with Crippen molar-refractivity contribution in [3.8, 4) is 0 Å². The van der Waals surface area contributed by atoms with Gasteiger partial charge in [0.2, 0.25) is 11.8 Å². The van der Waals surface area contributed by atoms with Gasteiger partial charge in [-0.2, -0.15) is 0 Å². The molecule has 0 unspecified atom stereocenters. The predicted molar refractivity (Wildman–Crippen MR) is 104 cm³/mol. The van der Waals surface area contributed by atoms with E-state index in [1.807, 2.05) is 12.1 Å². The van der Waals surface area contributed by atoms with Crippen LogP contribution < -0.4 is 10.6 Å². The van der Waals surface area contributed by atoms with Gasteiger partial charge in [-0.15, -0.1) is 10.2 Å². The van der Waals surface area contributed by atoms with Gasteiger partial charge in [0, 0.05) is 10.7 Å². The highest BCUT2D eigenvalue weighted by Gasteiger charge is 2.11. The Labute approximate surface area is 164 Å². The number of carbonyl (C=O) groups excluding carboxylic acids is 1. The summed E-state index contributed by atoms with van der Waals surface area (Å²) >= 11 is 13.1. The lowest BCUT2D eigenvalue weighted by atomic mass is 10.3. The summed E-state index contributed by atoms with van der Waals surface area (Å²) in [7, 11) is 0. The molecule has 1 amide bonds. The molecule has 0 radical (unpaired) electrons. The van der Waals surface area contributed by atoms with E-state index in [9.17, 15) is 4.79 Å². The molecule has 1 heterocycles. The molecular weight excluding hydrogens is 395 g/mol. The lowest BCUT2D eigenvalue weighted by Gasteiger charge is -2.05. The zero-order chi connectivity index (χ0) is 18.4. The number of nitrogens with zero attached hydrogens (tertiary/aromatic N) is 2. The molecule has 3 rings (SSSR count). The molecule has 0 fully saturated rings. The number of carbonyl (C=O) groups is 1. The molecule has 1 aromatic heterocycles. The van der Waals surface area contributed by atoms with Gasteiger partial charge in [-0.25, -0.2) is 0 Å². The van der Waals surface area contributed by atoms with Crippen molar-refractivity contribution < 1.29 is 9.21 Å². The van der Waals surface area contributed by atoms with E-state index in [0.717, 1.165) is 17.4 Å². The Balaban J connectivity index is 1.47. The van der Waals surface area contributed by atoms with Crippen LogP contribution in [-0.2, 0) is 11.3 Å². The fraction of sp³-hybridized carbons (Fsp3) is 0.118. The second-order valence-electron chi connectivity index (χ2n) is 5.14. The molecule has 2 N–H and O–H groups in total. The van der Waals surface area contributed by atoms with Gasteiger partial charge in [0.15, 0.2) is 0 Å². The maximum Gasteiger partial charge on any atom is 0.277 e. The van der Waals surface area contributed by atoms with Crippen LogP contribution in [0.2, 0.25) is 10.0 Å². The fourth-order valence-electron chi connectivity index (χ4n) is 2.02. The van der Waals surface area contributed by atoms with Crippen molar-refractivity contribution in [1.82, 2.24) is 10.2 Å². The third-order valence-electron chi connectivity index (χ3n) is 3.19. The maximum atomic E-state index is 12.0. The van der Waals surface area contributed by atoms with Crippen LogP contribution >= 0.6 is 35.0 Å². The zero-order valence-electron chi connectivity index (χ0n) is 13.4. The van der Waals surface area contributed by atoms with Crippen LogP contribution in [0.25, 0.3) is 0 Å². The first kappa shape index (κ1) is 18.6. The lowest BCUT2D eigenvalue weighted by Crippen LogP contribution is -2.14. The summed E-state index contributed by atoms with van der Waals surface area (Å²) < 4.78 is 5.50. The third-order valence-corrected chi connectivity index (χ3v) is 4.57. The van der Waals surface area contributed by atoms with Gasteiger partial charge in [0.05, 0.1) is 23.0 Å². The van der Waals surface area contributed by atoms with Crippen LogP contribution in [0.1, 0.15) is 5.89 Å². The summed E-state index contributed by atoms with van der Waals surface area (Å²) in [6.07, 6.45) is 0. The normalized spacial score (nSPS) is 10.5. The topological polar surface area (TPSA) is 80.1 Å². The Hall–Kier alpha value is -2.22. The molecule has 9 heteroatoms. The number of rotatable bonds is 7. The molecule has 0 bridgehead atoms. The highest BCUT2D eigenvalue weighted by molar-refractivity contribution is 7.99. The van der Waals surface area contributed by atoms with Crippen molar-refractivity contribution in [1.29, 1.82) is 0 Å². The molecule has 0 atom stereocenters. The van der Waals surface area contributed by atoms with Gasteiger partial charge in [0.1, 0.15) is 0 Å². The number of amides is 1. The molecule has 0 aliphatic heterocycles. The minimum atomic E-state index is -0.208. The molecular formula is C17H14Cl2N4O2S. The van der Waals surface area contributed by atoms with Crippen LogP contribution in [0.15, 0.2) is 58.2 Å². The van der Waals surface area contributed by atoms with E-state index in [1.165, 1.54) is 0 Å². The summed E-state index contributed by atoms with van der Waals surface area (Å²) in [5.74, 6) is 0.341. The Bertz CT molecular complexity index is 904. The largest absolute Gasteiger partial charge is 0.414 e. The van der Waals surface area contributed by atoms with Gasteiger partial charge in [-0.05, 0) is 30.3 Å². The number of aromatic nitrogens is 2. The van der Waals surface area contributed by atoms with E-state index in [0.29, 0.717) is 33.4 Å². The number of benzene rings is 2. The average Bonchev–Trinajstić information content (AvgIpc) is 3.08. The monoisotopic (exact) mass is 408 g/mol. The van der Waals surface area contributed by atoms with Gasteiger partial charge in [0.25, 0.3) is 5.22 Å². The van der Waals surface area contributed by atoms with Crippen LogP contribution in [0.3, 0.4) is 0 Å². The van der Waals surface area contributed by atoms with Gasteiger partial charge >= 0.3 is 0 Å². The highest BCUT2D eigenvalue weighted by atomic mass is 35.5. The first-order chi connectivity index (χ1) is 12.6. The van der Waals surface area contributed by atoms with Crippen LogP contribution in [0.4, 0.5) is 11.4 Å². The molecule has 6 nitrogen and oxygen atoms in total. The highest BCUT2D eigenvalue weighted by Crippen LogP contribution is 2.22. The van der Waals surface area contributed by atoms with E-state index in [4.69, 9.17) is 27.6 Å². The number of hydrogen-bond acceptors (Lipinski definition) is 6. The molecule has 0 saturated carbocycles. The maximum absolute atomic E-state index is 12.0. The number of nitrogens with one attached hydrogen (secondary N) is 2. The number of anilines is 2. The Morgan fingerprint density at radius 1 is 1.12 bits per heavy atom. The quantitative estimate of drug-likeness (QED) is 0.550. The summed E-state index contributed by atoms with van der Waals surface area (Å²) in [6, 6.07) is 14.4. The number of para-hydroxylation sites is 1. The first-order valence-corrected chi connectivity index (χ1v) is 9.33. The molecule has 134 valence electrons. The van der Waals surface area contributed by atoms with Crippen molar-refractivity contribution in [2.45, 2.75) is 11.8 Å². The summed E-state index contributed by atoms with van der Waals surface area (Å²) in [5.41, 5.74) is 1.42. The minimum absolute atomic E-state index is 0.134. The number of thioether (sulfide) groups is 1. The van der Waals surface area contributed by atoms with E-state index < -0.39 is 0 Å². The van der Waals surface area contributed by atoms with Crippen LogP contribution in [0, 0.1) is 0 Å². The van der Waals surface area contributed by atoms with E-state index in [2.05, 4.69) is 20.8 Å².